The molecule has 16 heavy (non-hydrogen) atoms. The number of nitrogens with one attached hydrogen (secondary N) is 1. The lowest BCUT2D eigenvalue weighted by molar-refractivity contribution is 0.0912. The van der Waals surface area contributed by atoms with E-state index in [2.05, 4.69) is 21.2 Å². The molecule has 0 saturated carbocycles. The second-order valence-corrected chi connectivity index (χ2v) is 5.52. The van der Waals surface area contributed by atoms with Gasteiger partial charge in [0.1, 0.15) is 0 Å². The van der Waals surface area contributed by atoms with Gasteiger partial charge in [0.05, 0.1) is 0 Å². The second-order valence-electron chi connectivity index (χ2n) is 4.29. The lowest BCUT2D eigenvalue weighted by Crippen LogP contribution is -2.43. The van der Waals surface area contributed by atoms with Gasteiger partial charge >= 0.3 is 0 Å². The average molecular weight is 305 g/mol. The fraction of sp³-hybridized carbons (Fsp3) is 0.417. The van der Waals surface area contributed by atoms with Crippen molar-refractivity contribution in [2.45, 2.75) is 25.8 Å². The third-order valence-electron chi connectivity index (χ3n) is 2.26. The molecule has 0 spiro atoms. The van der Waals surface area contributed by atoms with Gasteiger partial charge in [0.25, 0.3) is 5.91 Å². The van der Waals surface area contributed by atoms with Gasteiger partial charge in [0.15, 0.2) is 0 Å². The maximum atomic E-state index is 11.9. The number of hydrogen-bond acceptors (Lipinski definition) is 1. The Bertz CT molecular complexity index is 379. The Labute approximate surface area is 110 Å². The van der Waals surface area contributed by atoms with Crippen LogP contribution in [0.15, 0.2) is 24.3 Å². The first-order valence-electron chi connectivity index (χ1n) is 5.09. The lowest BCUT2D eigenvalue weighted by Gasteiger charge is -2.25. The van der Waals surface area contributed by atoms with Crippen molar-refractivity contribution in [1.29, 1.82) is 0 Å². The summed E-state index contributed by atoms with van der Waals surface area (Å²) in [5, 5.41) is 4.41. The molecule has 0 atom stereocenters. The maximum absolute atomic E-state index is 11.9. The van der Waals surface area contributed by atoms with E-state index in [9.17, 15) is 4.79 Å². The van der Waals surface area contributed by atoms with Crippen molar-refractivity contribution in [2.24, 2.45) is 0 Å². The molecule has 0 saturated heterocycles. The molecule has 1 aromatic carbocycles. The van der Waals surface area contributed by atoms with Crippen LogP contribution in [0, 0.1) is 0 Å². The van der Waals surface area contributed by atoms with Gasteiger partial charge in [-0.25, -0.2) is 0 Å². The van der Waals surface area contributed by atoms with Gasteiger partial charge in [0, 0.05) is 21.5 Å². The summed E-state index contributed by atoms with van der Waals surface area (Å²) >= 11 is 9.20. The van der Waals surface area contributed by atoms with Crippen molar-refractivity contribution in [3.8, 4) is 0 Å². The van der Waals surface area contributed by atoms with Crippen LogP contribution in [0.2, 0.25) is 5.02 Å². The minimum atomic E-state index is -0.219. The number of hydrogen-bond donors (Lipinski definition) is 1. The molecule has 1 amide bonds. The summed E-state index contributed by atoms with van der Waals surface area (Å²) in [5.41, 5.74) is 0.373. The Morgan fingerprint density at radius 2 is 2.19 bits per heavy atom. The maximum Gasteiger partial charge on any atom is 0.251 e. The molecule has 88 valence electrons. The summed E-state index contributed by atoms with van der Waals surface area (Å²) in [6.07, 6.45) is 0.874. The first kappa shape index (κ1) is 13.5. The average Bonchev–Trinajstić information content (AvgIpc) is 2.16. The Morgan fingerprint density at radius 1 is 1.50 bits per heavy atom. The van der Waals surface area contributed by atoms with Crippen LogP contribution in [0.25, 0.3) is 0 Å². The number of carbonyl (C=O) groups excluding carboxylic acids is 1. The van der Waals surface area contributed by atoms with Crippen molar-refractivity contribution in [2.75, 3.05) is 5.33 Å². The molecular weight excluding hydrogens is 289 g/mol. The van der Waals surface area contributed by atoms with Crippen molar-refractivity contribution in [3.63, 3.8) is 0 Å². The topological polar surface area (TPSA) is 29.1 Å². The highest BCUT2D eigenvalue weighted by molar-refractivity contribution is 9.09. The van der Waals surface area contributed by atoms with Gasteiger partial charge in [0.2, 0.25) is 0 Å². The first-order chi connectivity index (χ1) is 7.44. The highest BCUT2D eigenvalue weighted by Crippen LogP contribution is 2.14. The Kier molecular flexibility index (Phi) is 4.81. The predicted octanol–water partition coefficient (Wildman–Crippen LogP) is 3.63. The van der Waals surface area contributed by atoms with Gasteiger partial charge in [-0.2, -0.15) is 0 Å². The highest BCUT2D eigenvalue weighted by Gasteiger charge is 2.20. The van der Waals surface area contributed by atoms with E-state index in [0.717, 1.165) is 11.8 Å². The fourth-order valence-corrected chi connectivity index (χ4v) is 2.49. The number of amides is 1. The van der Waals surface area contributed by atoms with Crippen LogP contribution in [0.1, 0.15) is 30.6 Å². The van der Waals surface area contributed by atoms with Gasteiger partial charge < -0.3 is 5.32 Å². The number of carbonyl (C=O) groups is 1. The Hall–Kier alpha value is -0.540. The zero-order chi connectivity index (χ0) is 12.2. The van der Waals surface area contributed by atoms with E-state index in [1.165, 1.54) is 0 Å². The van der Waals surface area contributed by atoms with Crippen LogP contribution >= 0.6 is 27.5 Å². The van der Waals surface area contributed by atoms with E-state index in [-0.39, 0.29) is 11.4 Å². The third-order valence-corrected chi connectivity index (χ3v) is 2.89. The molecule has 0 aliphatic heterocycles. The Morgan fingerprint density at radius 3 is 2.75 bits per heavy atom. The van der Waals surface area contributed by atoms with E-state index >= 15 is 0 Å². The molecule has 1 rings (SSSR count). The second kappa shape index (κ2) is 5.69. The smallest absolute Gasteiger partial charge is 0.251 e. The molecular formula is C12H15BrClNO. The Balaban J connectivity index is 2.72. The molecule has 0 aliphatic rings. The predicted molar refractivity (Wildman–Crippen MR) is 71.4 cm³/mol. The number of benzene rings is 1. The monoisotopic (exact) mass is 303 g/mol. The zero-order valence-corrected chi connectivity index (χ0v) is 11.7. The number of halogens is 2. The normalized spacial score (nSPS) is 11.2. The number of alkyl halides is 1. The van der Waals surface area contributed by atoms with Crippen molar-refractivity contribution >= 4 is 33.4 Å². The minimum absolute atomic E-state index is 0.0894. The van der Waals surface area contributed by atoms with E-state index in [0.29, 0.717) is 10.6 Å². The SMILES string of the molecule is CC(C)(CCBr)NC(=O)c1cccc(Cl)c1. The molecule has 0 heterocycles. The molecule has 0 aromatic heterocycles. The molecule has 0 fully saturated rings. The van der Waals surface area contributed by atoms with Crippen molar-refractivity contribution in [1.82, 2.24) is 5.32 Å². The van der Waals surface area contributed by atoms with E-state index in [1.54, 1.807) is 24.3 Å². The summed E-state index contributed by atoms with van der Waals surface area (Å²) in [7, 11) is 0. The lowest BCUT2D eigenvalue weighted by atomic mass is 10.0. The molecule has 1 N–H and O–H groups in total. The van der Waals surface area contributed by atoms with Crippen LogP contribution in [0.4, 0.5) is 0 Å². The summed E-state index contributed by atoms with van der Waals surface area (Å²) < 4.78 is 0. The molecule has 0 aliphatic carbocycles. The van der Waals surface area contributed by atoms with Crippen LogP contribution < -0.4 is 5.32 Å². The molecule has 1 aromatic rings. The molecule has 2 nitrogen and oxygen atoms in total. The standard InChI is InChI=1S/C12H15BrClNO/c1-12(2,6-7-13)15-11(16)9-4-3-5-10(14)8-9/h3-5,8H,6-7H2,1-2H3,(H,15,16). The zero-order valence-electron chi connectivity index (χ0n) is 9.39. The largest absolute Gasteiger partial charge is 0.347 e. The van der Waals surface area contributed by atoms with Crippen molar-refractivity contribution in [3.05, 3.63) is 34.9 Å². The summed E-state index contributed by atoms with van der Waals surface area (Å²) in [6.45, 7) is 3.99. The highest BCUT2D eigenvalue weighted by atomic mass is 79.9. The van der Waals surface area contributed by atoms with Gasteiger partial charge in [-0.05, 0) is 38.5 Å². The van der Waals surface area contributed by atoms with Crippen molar-refractivity contribution < 1.29 is 4.79 Å². The van der Waals surface area contributed by atoms with Crippen LogP contribution in [0.5, 0.6) is 0 Å². The summed E-state index contributed by atoms with van der Waals surface area (Å²) in [5.74, 6) is -0.0894. The van der Waals surface area contributed by atoms with Crippen LogP contribution in [-0.2, 0) is 0 Å². The van der Waals surface area contributed by atoms with Gasteiger partial charge in [-0.1, -0.05) is 33.6 Å². The van der Waals surface area contributed by atoms with Crippen LogP contribution in [-0.4, -0.2) is 16.8 Å². The van der Waals surface area contributed by atoms with E-state index < -0.39 is 0 Å². The molecule has 4 heteroatoms. The molecule has 0 unspecified atom stereocenters. The first-order valence-corrected chi connectivity index (χ1v) is 6.58. The van der Waals surface area contributed by atoms with Gasteiger partial charge in [-0.15, -0.1) is 0 Å². The third kappa shape index (κ3) is 4.14. The quantitative estimate of drug-likeness (QED) is 0.846. The van der Waals surface area contributed by atoms with Gasteiger partial charge in [-0.3, -0.25) is 4.79 Å². The minimum Gasteiger partial charge on any atom is -0.347 e. The molecule has 0 bridgehead atoms. The number of rotatable bonds is 4. The fourth-order valence-electron chi connectivity index (χ4n) is 1.31. The van der Waals surface area contributed by atoms with E-state index in [4.69, 9.17) is 11.6 Å². The molecule has 0 radical (unpaired) electrons. The van der Waals surface area contributed by atoms with Crippen LogP contribution in [0.3, 0.4) is 0 Å². The summed E-state index contributed by atoms with van der Waals surface area (Å²) in [6, 6.07) is 6.95. The van der Waals surface area contributed by atoms with E-state index in [1.807, 2.05) is 13.8 Å². The summed E-state index contributed by atoms with van der Waals surface area (Å²) in [4.78, 5) is 11.9.